The maximum Gasteiger partial charge on any atom is 0.142 e. The lowest BCUT2D eigenvalue weighted by atomic mass is 10.0. The number of benzene rings is 2. The molecule has 0 bridgehead atoms. The van der Waals surface area contributed by atoms with Gasteiger partial charge in [-0.15, -0.1) is 0 Å². The number of fused-ring (bicyclic) bond motifs is 1. The lowest BCUT2D eigenvalue weighted by molar-refractivity contribution is 0.214. The number of rotatable bonds is 2. The first-order valence-electron chi connectivity index (χ1n) is 6.23. The lowest BCUT2D eigenvalue weighted by Gasteiger charge is -2.13. The fourth-order valence-electron chi connectivity index (χ4n) is 2.16. The van der Waals surface area contributed by atoms with Gasteiger partial charge in [-0.25, -0.2) is 8.78 Å². The largest absolute Gasteiger partial charge is 0.383 e. The van der Waals surface area contributed by atoms with E-state index < -0.39 is 17.7 Å². The van der Waals surface area contributed by atoms with Crippen molar-refractivity contribution < 1.29 is 13.9 Å². The fraction of sp³-hybridized carbons (Fsp3) is 0.0625. The Morgan fingerprint density at radius 2 is 1.81 bits per heavy atom. The van der Waals surface area contributed by atoms with Gasteiger partial charge in [0.15, 0.2) is 0 Å². The molecule has 0 aliphatic carbocycles. The molecule has 0 spiro atoms. The van der Waals surface area contributed by atoms with Crippen molar-refractivity contribution in [2.75, 3.05) is 0 Å². The lowest BCUT2D eigenvalue weighted by Crippen LogP contribution is -2.04. The number of hydrogen-bond acceptors (Lipinski definition) is 2. The van der Waals surface area contributed by atoms with Crippen LogP contribution in [0.25, 0.3) is 10.9 Å². The number of aromatic nitrogens is 1. The first-order chi connectivity index (χ1) is 10.1. The molecule has 1 atom stereocenters. The average molecular weight is 306 g/mol. The van der Waals surface area contributed by atoms with Gasteiger partial charge in [-0.05, 0) is 24.3 Å². The van der Waals surface area contributed by atoms with Crippen molar-refractivity contribution in [1.82, 2.24) is 4.98 Å². The number of para-hydroxylation sites is 1. The molecular weight excluding hydrogens is 296 g/mol. The quantitative estimate of drug-likeness (QED) is 0.718. The molecule has 106 valence electrons. The predicted molar refractivity (Wildman–Crippen MR) is 77.2 cm³/mol. The van der Waals surface area contributed by atoms with Crippen molar-refractivity contribution in [3.05, 3.63) is 76.4 Å². The second-order valence-electron chi connectivity index (χ2n) is 4.65. The third-order valence-electron chi connectivity index (χ3n) is 3.26. The minimum atomic E-state index is -1.31. The average Bonchev–Trinajstić information content (AvgIpc) is 2.50. The molecule has 0 radical (unpaired) electrons. The van der Waals surface area contributed by atoms with Crippen LogP contribution in [0.15, 0.2) is 48.7 Å². The molecule has 2 aromatic carbocycles. The van der Waals surface area contributed by atoms with E-state index in [0.717, 1.165) is 23.0 Å². The van der Waals surface area contributed by atoms with Crippen molar-refractivity contribution in [2.45, 2.75) is 6.10 Å². The summed E-state index contributed by atoms with van der Waals surface area (Å²) < 4.78 is 27.3. The highest BCUT2D eigenvalue weighted by atomic mass is 35.5. The number of halogens is 3. The van der Waals surface area contributed by atoms with Crippen molar-refractivity contribution >= 4 is 22.5 Å². The van der Waals surface area contributed by atoms with Gasteiger partial charge in [0.2, 0.25) is 0 Å². The van der Waals surface area contributed by atoms with Crippen molar-refractivity contribution in [3.8, 4) is 0 Å². The molecule has 1 aromatic heterocycles. The second-order valence-corrected chi connectivity index (χ2v) is 5.06. The van der Waals surface area contributed by atoms with Crippen LogP contribution in [0.4, 0.5) is 8.78 Å². The minimum absolute atomic E-state index is 0.172. The molecule has 0 aliphatic heterocycles. The molecule has 0 fully saturated rings. The number of aliphatic hydroxyl groups excluding tert-OH is 1. The standard InChI is InChI=1S/C16H10ClF2NO/c17-12-7-13(18)11(6-14(12)19)16(21)10-5-9-3-1-2-4-15(9)20-8-10/h1-8,16,21H. The number of hydrogen-bond donors (Lipinski definition) is 1. The first kappa shape index (κ1) is 13.9. The maximum absolute atomic E-state index is 13.8. The van der Waals surface area contributed by atoms with Gasteiger partial charge in [0.25, 0.3) is 0 Å². The minimum Gasteiger partial charge on any atom is -0.383 e. The van der Waals surface area contributed by atoms with Gasteiger partial charge in [0.05, 0.1) is 10.5 Å². The Kier molecular flexibility index (Phi) is 3.57. The van der Waals surface area contributed by atoms with Crippen LogP contribution < -0.4 is 0 Å². The number of nitrogens with zero attached hydrogens (tertiary/aromatic N) is 1. The zero-order valence-electron chi connectivity index (χ0n) is 10.7. The van der Waals surface area contributed by atoms with Gasteiger partial charge in [-0.2, -0.15) is 0 Å². The molecule has 21 heavy (non-hydrogen) atoms. The highest BCUT2D eigenvalue weighted by Gasteiger charge is 2.18. The molecule has 0 saturated heterocycles. The Balaban J connectivity index is 2.07. The van der Waals surface area contributed by atoms with Gasteiger partial charge in [-0.3, -0.25) is 4.98 Å². The molecule has 0 aliphatic rings. The van der Waals surface area contributed by atoms with E-state index in [4.69, 9.17) is 11.6 Å². The third kappa shape index (κ3) is 2.60. The van der Waals surface area contributed by atoms with Crippen LogP contribution in [-0.2, 0) is 0 Å². The van der Waals surface area contributed by atoms with Gasteiger partial charge in [0, 0.05) is 22.7 Å². The summed E-state index contributed by atoms with van der Waals surface area (Å²) in [5, 5.41) is 10.7. The summed E-state index contributed by atoms with van der Waals surface area (Å²) in [5.74, 6) is -1.54. The Bertz CT molecular complexity index is 822. The van der Waals surface area contributed by atoms with E-state index >= 15 is 0 Å². The fourth-order valence-corrected chi connectivity index (χ4v) is 2.31. The molecule has 0 saturated carbocycles. The Morgan fingerprint density at radius 3 is 2.62 bits per heavy atom. The topological polar surface area (TPSA) is 33.1 Å². The second kappa shape index (κ2) is 5.39. The van der Waals surface area contributed by atoms with Crippen molar-refractivity contribution in [3.63, 3.8) is 0 Å². The van der Waals surface area contributed by atoms with Gasteiger partial charge in [-0.1, -0.05) is 29.8 Å². The van der Waals surface area contributed by atoms with Crippen LogP contribution in [0, 0.1) is 11.6 Å². The van der Waals surface area contributed by atoms with E-state index in [1.807, 2.05) is 24.3 Å². The summed E-state index contributed by atoms with van der Waals surface area (Å²) in [7, 11) is 0. The highest BCUT2D eigenvalue weighted by molar-refractivity contribution is 6.30. The van der Waals surface area contributed by atoms with E-state index in [-0.39, 0.29) is 10.6 Å². The van der Waals surface area contributed by atoms with Crippen molar-refractivity contribution in [2.24, 2.45) is 0 Å². The monoisotopic (exact) mass is 305 g/mol. The molecule has 1 heterocycles. The summed E-state index contributed by atoms with van der Waals surface area (Å²) in [4.78, 5) is 4.20. The van der Waals surface area contributed by atoms with Gasteiger partial charge < -0.3 is 5.11 Å². The van der Waals surface area contributed by atoms with Crippen LogP contribution in [0.3, 0.4) is 0 Å². The summed E-state index contributed by atoms with van der Waals surface area (Å²) in [5.41, 5.74) is 0.972. The van der Waals surface area contributed by atoms with E-state index in [1.165, 1.54) is 6.20 Å². The smallest absolute Gasteiger partial charge is 0.142 e. The molecule has 5 heteroatoms. The van der Waals surface area contributed by atoms with E-state index in [2.05, 4.69) is 4.98 Å². The maximum atomic E-state index is 13.8. The number of aliphatic hydroxyl groups is 1. The number of pyridine rings is 1. The van der Waals surface area contributed by atoms with Gasteiger partial charge in [0.1, 0.15) is 17.7 Å². The molecule has 1 N–H and O–H groups in total. The summed E-state index contributed by atoms with van der Waals surface area (Å²) >= 11 is 5.51. The molecule has 0 amide bonds. The summed E-state index contributed by atoms with van der Waals surface area (Å²) in [6.07, 6.45) is 0.132. The molecule has 3 aromatic rings. The summed E-state index contributed by atoms with van der Waals surface area (Å²) in [6.45, 7) is 0. The molecule has 2 nitrogen and oxygen atoms in total. The Labute approximate surface area is 124 Å². The van der Waals surface area contributed by atoms with Crippen LogP contribution in [0.5, 0.6) is 0 Å². The molecular formula is C16H10ClF2NO. The first-order valence-corrected chi connectivity index (χ1v) is 6.61. The van der Waals surface area contributed by atoms with E-state index in [1.54, 1.807) is 6.07 Å². The van der Waals surface area contributed by atoms with Crippen LogP contribution >= 0.6 is 11.6 Å². The van der Waals surface area contributed by atoms with Crippen molar-refractivity contribution in [1.29, 1.82) is 0 Å². The van der Waals surface area contributed by atoms with Crippen LogP contribution in [-0.4, -0.2) is 10.1 Å². The third-order valence-corrected chi connectivity index (χ3v) is 3.55. The van der Waals surface area contributed by atoms with E-state index in [9.17, 15) is 13.9 Å². The summed E-state index contributed by atoms with van der Waals surface area (Å²) in [6, 6.07) is 10.8. The van der Waals surface area contributed by atoms with Gasteiger partial charge >= 0.3 is 0 Å². The highest BCUT2D eigenvalue weighted by Crippen LogP contribution is 2.29. The molecule has 1 unspecified atom stereocenters. The zero-order valence-corrected chi connectivity index (χ0v) is 11.5. The van der Waals surface area contributed by atoms with Crippen LogP contribution in [0.1, 0.15) is 17.2 Å². The molecule has 3 rings (SSSR count). The Hall–Kier alpha value is -2.04. The SMILES string of the molecule is OC(c1cnc2ccccc2c1)c1cc(F)c(Cl)cc1F. The van der Waals surface area contributed by atoms with E-state index in [0.29, 0.717) is 5.56 Å². The normalized spacial score (nSPS) is 12.6. The van der Waals surface area contributed by atoms with Crippen LogP contribution in [0.2, 0.25) is 5.02 Å². The Morgan fingerprint density at radius 1 is 1.05 bits per heavy atom. The zero-order chi connectivity index (χ0) is 15.0. The predicted octanol–water partition coefficient (Wildman–Crippen LogP) is 4.25.